The van der Waals surface area contributed by atoms with Crippen molar-refractivity contribution in [2.45, 2.75) is 39.2 Å². The molecule has 0 aromatic heterocycles. The summed E-state index contributed by atoms with van der Waals surface area (Å²) in [5.41, 5.74) is 2.98. The van der Waals surface area contributed by atoms with Crippen LogP contribution < -0.4 is 0 Å². The third-order valence-electron chi connectivity index (χ3n) is 4.27. The number of likely N-dealkylation sites (N-methyl/N-ethyl adjacent to an activating group) is 1. The molecule has 3 nitrogen and oxygen atoms in total. The Kier molecular flexibility index (Phi) is 5.18. The first-order chi connectivity index (χ1) is 9.97. The lowest BCUT2D eigenvalue weighted by Gasteiger charge is -2.23. The van der Waals surface area contributed by atoms with Crippen molar-refractivity contribution in [1.29, 1.82) is 0 Å². The minimum Gasteiger partial charge on any atom is -0.393 e. The van der Waals surface area contributed by atoms with Crippen LogP contribution in [-0.2, 0) is 4.79 Å². The maximum absolute atomic E-state index is 12.4. The van der Waals surface area contributed by atoms with E-state index >= 15 is 0 Å². The molecule has 1 aliphatic carbocycles. The third-order valence-corrected chi connectivity index (χ3v) is 4.27. The van der Waals surface area contributed by atoms with Crippen LogP contribution in [0.1, 0.15) is 37.3 Å². The summed E-state index contributed by atoms with van der Waals surface area (Å²) in [6.07, 6.45) is 4.61. The summed E-state index contributed by atoms with van der Waals surface area (Å²) in [7, 11) is 1.82. The number of benzene rings is 1. The van der Waals surface area contributed by atoms with E-state index in [2.05, 4.69) is 0 Å². The molecule has 0 radical (unpaired) electrons. The van der Waals surface area contributed by atoms with Gasteiger partial charge in [0.05, 0.1) is 6.10 Å². The molecule has 2 rings (SSSR count). The summed E-state index contributed by atoms with van der Waals surface area (Å²) < 4.78 is 0. The van der Waals surface area contributed by atoms with E-state index in [1.165, 1.54) is 5.56 Å². The highest BCUT2D eigenvalue weighted by Crippen LogP contribution is 2.26. The van der Waals surface area contributed by atoms with Crippen LogP contribution in [0.3, 0.4) is 0 Å². The van der Waals surface area contributed by atoms with Crippen LogP contribution in [0.4, 0.5) is 0 Å². The van der Waals surface area contributed by atoms with Gasteiger partial charge in [0, 0.05) is 25.1 Å². The Labute approximate surface area is 127 Å². The molecular formula is C18H25NO2. The van der Waals surface area contributed by atoms with Crippen molar-refractivity contribution in [3.8, 4) is 0 Å². The standard InChI is InChI=1S/C18H25NO2/c1-13-7-9-15(10-8-13)11-14(2)18(21)19(3)12-16-5-4-6-17(16)20/h7-11,16-17,20H,4-6,12H2,1-3H3/b14-11+. The van der Waals surface area contributed by atoms with E-state index in [0.29, 0.717) is 6.54 Å². The second-order valence-corrected chi connectivity index (χ2v) is 6.18. The van der Waals surface area contributed by atoms with Crippen molar-refractivity contribution in [2.75, 3.05) is 13.6 Å². The number of aliphatic hydroxyl groups is 1. The average molecular weight is 287 g/mol. The number of hydrogen-bond donors (Lipinski definition) is 1. The molecule has 1 N–H and O–H groups in total. The molecule has 1 aromatic carbocycles. The van der Waals surface area contributed by atoms with E-state index in [-0.39, 0.29) is 17.9 Å². The van der Waals surface area contributed by atoms with Gasteiger partial charge in [-0.05, 0) is 38.3 Å². The third kappa shape index (κ3) is 4.18. The van der Waals surface area contributed by atoms with Gasteiger partial charge in [-0.25, -0.2) is 0 Å². The molecule has 1 fully saturated rings. The lowest BCUT2D eigenvalue weighted by atomic mass is 10.0. The summed E-state index contributed by atoms with van der Waals surface area (Å²) in [5, 5.41) is 9.87. The highest BCUT2D eigenvalue weighted by Gasteiger charge is 2.27. The zero-order valence-electron chi connectivity index (χ0n) is 13.2. The quantitative estimate of drug-likeness (QED) is 0.865. The van der Waals surface area contributed by atoms with Gasteiger partial charge in [-0.15, -0.1) is 0 Å². The molecule has 1 aliphatic rings. The van der Waals surface area contributed by atoms with Gasteiger partial charge in [-0.2, -0.15) is 0 Å². The van der Waals surface area contributed by atoms with Crippen molar-refractivity contribution >= 4 is 12.0 Å². The number of aryl methyl sites for hydroxylation is 1. The molecule has 3 heteroatoms. The van der Waals surface area contributed by atoms with Crippen LogP contribution in [0.5, 0.6) is 0 Å². The molecule has 1 saturated carbocycles. The number of nitrogens with zero attached hydrogens (tertiary/aromatic N) is 1. The Morgan fingerprint density at radius 3 is 2.57 bits per heavy atom. The fourth-order valence-electron chi connectivity index (χ4n) is 2.94. The zero-order chi connectivity index (χ0) is 15.4. The number of rotatable bonds is 4. The minimum atomic E-state index is -0.248. The van der Waals surface area contributed by atoms with Crippen LogP contribution in [0.2, 0.25) is 0 Å². The van der Waals surface area contributed by atoms with E-state index in [1.807, 2.05) is 51.2 Å². The van der Waals surface area contributed by atoms with Gasteiger partial charge < -0.3 is 10.0 Å². The molecule has 0 spiro atoms. The van der Waals surface area contributed by atoms with Crippen molar-refractivity contribution < 1.29 is 9.90 Å². The first-order valence-corrected chi connectivity index (χ1v) is 7.66. The Morgan fingerprint density at radius 1 is 1.33 bits per heavy atom. The van der Waals surface area contributed by atoms with Crippen molar-refractivity contribution in [1.82, 2.24) is 4.90 Å². The Balaban J connectivity index is 1.99. The molecular weight excluding hydrogens is 262 g/mol. The fourth-order valence-corrected chi connectivity index (χ4v) is 2.94. The summed E-state index contributed by atoms with van der Waals surface area (Å²) in [5.74, 6) is 0.265. The van der Waals surface area contributed by atoms with Crippen LogP contribution in [0, 0.1) is 12.8 Å². The van der Waals surface area contributed by atoms with Crippen molar-refractivity contribution in [3.63, 3.8) is 0 Å². The second kappa shape index (κ2) is 6.90. The number of aliphatic hydroxyl groups excluding tert-OH is 1. The molecule has 0 heterocycles. The topological polar surface area (TPSA) is 40.5 Å². The van der Waals surface area contributed by atoms with E-state index < -0.39 is 0 Å². The highest BCUT2D eigenvalue weighted by molar-refractivity contribution is 5.97. The van der Waals surface area contributed by atoms with Crippen LogP contribution in [0.15, 0.2) is 29.8 Å². The van der Waals surface area contributed by atoms with E-state index in [9.17, 15) is 9.90 Å². The van der Waals surface area contributed by atoms with Crippen LogP contribution in [-0.4, -0.2) is 35.6 Å². The molecule has 0 bridgehead atoms. The molecule has 1 aromatic rings. The van der Waals surface area contributed by atoms with Gasteiger partial charge >= 0.3 is 0 Å². The van der Waals surface area contributed by atoms with Gasteiger partial charge in [0.2, 0.25) is 5.91 Å². The average Bonchev–Trinajstić information content (AvgIpc) is 2.86. The van der Waals surface area contributed by atoms with Gasteiger partial charge in [-0.1, -0.05) is 36.2 Å². The lowest BCUT2D eigenvalue weighted by Crippen LogP contribution is -2.34. The van der Waals surface area contributed by atoms with Crippen LogP contribution >= 0.6 is 0 Å². The Hall–Kier alpha value is -1.61. The van der Waals surface area contributed by atoms with Gasteiger partial charge in [0.1, 0.15) is 0 Å². The van der Waals surface area contributed by atoms with Crippen molar-refractivity contribution in [3.05, 3.63) is 41.0 Å². The maximum Gasteiger partial charge on any atom is 0.249 e. The zero-order valence-corrected chi connectivity index (χ0v) is 13.2. The molecule has 0 aliphatic heterocycles. The number of carbonyl (C=O) groups excluding carboxylic acids is 1. The normalized spacial score (nSPS) is 22.4. The fraction of sp³-hybridized carbons (Fsp3) is 0.500. The van der Waals surface area contributed by atoms with Gasteiger partial charge in [0.15, 0.2) is 0 Å². The number of hydrogen-bond acceptors (Lipinski definition) is 2. The summed E-state index contributed by atoms with van der Waals surface area (Å²) in [4.78, 5) is 14.1. The second-order valence-electron chi connectivity index (χ2n) is 6.18. The largest absolute Gasteiger partial charge is 0.393 e. The molecule has 114 valence electrons. The van der Waals surface area contributed by atoms with E-state index in [1.54, 1.807) is 4.90 Å². The summed E-state index contributed by atoms with van der Waals surface area (Å²) >= 11 is 0. The smallest absolute Gasteiger partial charge is 0.249 e. The first-order valence-electron chi connectivity index (χ1n) is 7.66. The Morgan fingerprint density at radius 2 is 2.00 bits per heavy atom. The van der Waals surface area contributed by atoms with Gasteiger partial charge in [0.25, 0.3) is 0 Å². The predicted octanol–water partition coefficient (Wildman–Crippen LogP) is 3.02. The Bertz CT molecular complexity index is 519. The minimum absolute atomic E-state index is 0.0367. The predicted molar refractivity (Wildman–Crippen MR) is 85.8 cm³/mol. The lowest BCUT2D eigenvalue weighted by molar-refractivity contribution is -0.126. The number of carbonyl (C=O) groups is 1. The summed E-state index contributed by atoms with van der Waals surface area (Å²) in [6.45, 7) is 4.54. The monoisotopic (exact) mass is 287 g/mol. The molecule has 2 atom stereocenters. The van der Waals surface area contributed by atoms with E-state index in [4.69, 9.17) is 0 Å². The van der Waals surface area contributed by atoms with Gasteiger partial charge in [-0.3, -0.25) is 4.79 Å². The molecule has 21 heavy (non-hydrogen) atoms. The van der Waals surface area contributed by atoms with E-state index in [0.717, 1.165) is 30.4 Å². The number of amides is 1. The van der Waals surface area contributed by atoms with Crippen LogP contribution in [0.25, 0.3) is 6.08 Å². The SMILES string of the molecule is C/C(=C\c1ccc(C)cc1)C(=O)N(C)CC1CCCC1O. The molecule has 0 saturated heterocycles. The maximum atomic E-state index is 12.4. The molecule has 2 unspecified atom stereocenters. The first kappa shape index (κ1) is 15.8. The summed E-state index contributed by atoms with van der Waals surface area (Å²) in [6, 6.07) is 8.13. The molecule has 1 amide bonds. The highest BCUT2D eigenvalue weighted by atomic mass is 16.3. The van der Waals surface area contributed by atoms with Crippen molar-refractivity contribution in [2.24, 2.45) is 5.92 Å².